The van der Waals surface area contributed by atoms with Crippen molar-refractivity contribution >= 4 is 28.6 Å². The van der Waals surface area contributed by atoms with Gasteiger partial charge in [0.05, 0.1) is 30.1 Å². The number of pyridine rings is 1. The summed E-state index contributed by atoms with van der Waals surface area (Å²) in [6.07, 6.45) is -2.72. The topological polar surface area (TPSA) is 92.4 Å². The molecule has 1 fully saturated rings. The van der Waals surface area contributed by atoms with Gasteiger partial charge in [-0.3, -0.25) is 4.79 Å². The molecule has 41 heavy (non-hydrogen) atoms. The first kappa shape index (κ1) is 29.0. The molecule has 4 aromatic heterocycles. The molecule has 1 aliphatic heterocycles. The van der Waals surface area contributed by atoms with E-state index in [0.29, 0.717) is 29.4 Å². The molecule has 0 aliphatic carbocycles. The second-order valence-corrected chi connectivity index (χ2v) is 12.4. The van der Waals surface area contributed by atoms with Crippen molar-refractivity contribution < 1.29 is 22.4 Å². The zero-order valence-corrected chi connectivity index (χ0v) is 24.0. The largest absolute Gasteiger partial charge is 0.393 e. The Bertz CT molecular complexity index is 1540. The molecule has 0 aromatic carbocycles. The van der Waals surface area contributed by atoms with Crippen LogP contribution in [0.25, 0.3) is 16.2 Å². The van der Waals surface area contributed by atoms with Gasteiger partial charge in [-0.25, -0.2) is 8.91 Å². The van der Waals surface area contributed by atoms with Gasteiger partial charge >= 0.3 is 6.18 Å². The van der Waals surface area contributed by atoms with Crippen molar-refractivity contribution in [2.45, 2.75) is 64.1 Å². The summed E-state index contributed by atoms with van der Waals surface area (Å²) in [5.74, 6) is 0.0969. The van der Waals surface area contributed by atoms with E-state index in [1.165, 1.54) is 4.52 Å². The fourth-order valence-electron chi connectivity index (χ4n) is 4.81. The first-order valence-corrected chi connectivity index (χ1v) is 14.1. The molecule has 0 radical (unpaired) electrons. The molecule has 0 spiro atoms. The molecule has 1 amide bonds. The predicted octanol–water partition coefficient (Wildman–Crippen LogP) is 4.90. The number of carbonyl (C=O) groups is 1. The predicted molar refractivity (Wildman–Crippen MR) is 149 cm³/mol. The number of rotatable bonds is 7. The molecule has 4 aromatic rings. The molecule has 14 heteroatoms. The summed E-state index contributed by atoms with van der Waals surface area (Å²) in [6, 6.07) is 6.07. The number of fused-ring (bicyclic) bond motifs is 1. The van der Waals surface area contributed by atoms with Crippen molar-refractivity contribution in [3.05, 3.63) is 52.8 Å². The molecule has 5 rings (SSSR count). The number of aromatic nitrogens is 5. The first-order valence-electron chi connectivity index (χ1n) is 13.2. The van der Waals surface area contributed by atoms with Gasteiger partial charge in [-0.05, 0) is 52.4 Å². The quantitative estimate of drug-likeness (QED) is 0.297. The lowest BCUT2D eigenvalue weighted by atomic mass is 10.0. The minimum atomic E-state index is -4.50. The van der Waals surface area contributed by atoms with E-state index in [1.807, 2.05) is 43.5 Å². The van der Waals surface area contributed by atoms with Gasteiger partial charge in [0.15, 0.2) is 5.01 Å². The van der Waals surface area contributed by atoms with Gasteiger partial charge in [0, 0.05) is 36.6 Å². The highest BCUT2D eigenvalue weighted by Gasteiger charge is 2.34. The number of nitrogens with one attached hydrogen (secondary N) is 2. The Morgan fingerprint density at radius 3 is 2.63 bits per heavy atom. The molecule has 9 nitrogen and oxygen atoms in total. The number of hydrogen-bond donors (Lipinski definition) is 2. The van der Waals surface area contributed by atoms with Crippen LogP contribution >= 0.6 is 11.3 Å². The molecule has 5 heterocycles. The van der Waals surface area contributed by atoms with Crippen LogP contribution in [0.4, 0.5) is 23.4 Å². The van der Waals surface area contributed by atoms with Crippen LogP contribution in [0, 0.1) is 0 Å². The number of piperidine rings is 1. The van der Waals surface area contributed by atoms with Crippen LogP contribution < -0.4 is 10.6 Å². The zero-order valence-electron chi connectivity index (χ0n) is 23.2. The maximum atomic E-state index is 14.7. The lowest BCUT2D eigenvalue weighted by Gasteiger charge is -2.33. The Morgan fingerprint density at radius 1 is 1.17 bits per heavy atom. The summed E-state index contributed by atoms with van der Waals surface area (Å²) in [6.45, 7) is 7.09. The van der Waals surface area contributed by atoms with E-state index in [9.17, 15) is 22.4 Å². The standard InChI is InChI=1S/C27H32F4N8OS/c1-26(2,3)38-11-8-16(14-38)24(40)32-13-22-34-35-25(41-22)23-17(12-27(29,30)31)20-6-5-7-21(39(20)36-23)33-19-9-10-37(4)15-18(19)28/h5-8,11,14,18-19,33H,9-10,12-13,15H2,1-4H3,(H,32,40)/t18-,19+/m0/s1. The SMILES string of the molecule is CN1CC[C@@H](Nc2cccc3c(CC(F)(F)F)c(-c4nnc(CNC(=O)c5ccn(C(C)(C)C)c5)s4)nn23)[C@@H](F)C1. The second kappa shape index (κ2) is 11.0. The zero-order chi connectivity index (χ0) is 29.5. The number of likely N-dealkylation sites (tertiary alicyclic amines) is 1. The minimum Gasteiger partial charge on any atom is -0.364 e. The Labute approximate surface area is 238 Å². The molecule has 1 saturated heterocycles. The summed E-state index contributed by atoms with van der Waals surface area (Å²) >= 11 is 1.06. The summed E-state index contributed by atoms with van der Waals surface area (Å²) < 4.78 is 59.0. The van der Waals surface area contributed by atoms with Crippen LogP contribution in [0.1, 0.15) is 48.1 Å². The number of amides is 1. The molecule has 2 N–H and O–H groups in total. The number of nitrogens with zero attached hydrogens (tertiary/aromatic N) is 6. The normalized spacial score (nSPS) is 18.6. The van der Waals surface area contributed by atoms with E-state index >= 15 is 0 Å². The molecule has 220 valence electrons. The van der Waals surface area contributed by atoms with Gasteiger partial charge in [0.2, 0.25) is 0 Å². The van der Waals surface area contributed by atoms with Crippen molar-refractivity contribution in [2.24, 2.45) is 0 Å². The van der Waals surface area contributed by atoms with Crippen molar-refractivity contribution in [1.29, 1.82) is 0 Å². The Balaban J connectivity index is 1.40. The summed E-state index contributed by atoms with van der Waals surface area (Å²) in [5, 5.41) is 19.2. The summed E-state index contributed by atoms with van der Waals surface area (Å²) in [4.78, 5) is 14.6. The van der Waals surface area contributed by atoms with Crippen LogP contribution in [0.15, 0.2) is 36.7 Å². The molecule has 2 atom stereocenters. The molecule has 1 aliphatic rings. The molecule has 0 bridgehead atoms. The Morgan fingerprint density at radius 2 is 1.95 bits per heavy atom. The highest BCUT2D eigenvalue weighted by Crippen LogP contribution is 2.35. The van der Waals surface area contributed by atoms with Crippen LogP contribution in [0.5, 0.6) is 0 Å². The van der Waals surface area contributed by atoms with E-state index < -0.39 is 24.8 Å². The second-order valence-electron chi connectivity index (χ2n) is 11.3. The van der Waals surface area contributed by atoms with Crippen molar-refractivity contribution in [1.82, 2.24) is 34.6 Å². The van der Waals surface area contributed by atoms with E-state index in [2.05, 4.69) is 25.9 Å². The van der Waals surface area contributed by atoms with Gasteiger partial charge in [0.25, 0.3) is 5.91 Å². The monoisotopic (exact) mass is 592 g/mol. The lowest BCUT2D eigenvalue weighted by Crippen LogP contribution is -2.46. The maximum absolute atomic E-state index is 14.7. The lowest BCUT2D eigenvalue weighted by molar-refractivity contribution is -0.126. The van der Waals surface area contributed by atoms with E-state index in [0.717, 1.165) is 11.3 Å². The van der Waals surface area contributed by atoms with E-state index in [4.69, 9.17) is 0 Å². The Kier molecular flexibility index (Phi) is 7.81. The summed E-state index contributed by atoms with van der Waals surface area (Å²) in [7, 11) is 1.85. The number of halogens is 4. The van der Waals surface area contributed by atoms with Gasteiger partial charge in [-0.2, -0.15) is 18.3 Å². The average molecular weight is 593 g/mol. The van der Waals surface area contributed by atoms with Gasteiger partial charge < -0.3 is 20.1 Å². The highest BCUT2D eigenvalue weighted by atomic mass is 32.1. The third kappa shape index (κ3) is 6.53. The fraction of sp³-hybridized carbons (Fsp3) is 0.481. The fourth-order valence-corrected chi connectivity index (χ4v) is 5.60. The summed E-state index contributed by atoms with van der Waals surface area (Å²) in [5.41, 5.74) is 0.563. The van der Waals surface area contributed by atoms with Gasteiger partial charge in [0.1, 0.15) is 22.7 Å². The van der Waals surface area contributed by atoms with Crippen LogP contribution in [-0.4, -0.2) is 73.7 Å². The third-order valence-electron chi connectivity index (χ3n) is 7.01. The van der Waals surface area contributed by atoms with Crippen molar-refractivity contribution in [3.63, 3.8) is 0 Å². The molecular formula is C27H32F4N8OS. The molecule has 0 unspecified atom stereocenters. The molecule has 0 saturated carbocycles. The van der Waals surface area contributed by atoms with Gasteiger partial charge in [-0.15, -0.1) is 10.2 Å². The number of anilines is 1. The van der Waals surface area contributed by atoms with Crippen molar-refractivity contribution in [3.8, 4) is 10.7 Å². The third-order valence-corrected chi connectivity index (χ3v) is 7.94. The van der Waals surface area contributed by atoms with E-state index in [1.54, 1.807) is 30.5 Å². The van der Waals surface area contributed by atoms with Crippen LogP contribution in [0.3, 0.4) is 0 Å². The maximum Gasteiger partial charge on any atom is 0.393 e. The van der Waals surface area contributed by atoms with Crippen LogP contribution in [0.2, 0.25) is 0 Å². The van der Waals surface area contributed by atoms with Crippen molar-refractivity contribution in [2.75, 3.05) is 25.5 Å². The minimum absolute atomic E-state index is 0.0448. The van der Waals surface area contributed by atoms with Crippen LogP contribution in [-0.2, 0) is 18.5 Å². The first-order chi connectivity index (χ1) is 19.3. The number of carbonyl (C=O) groups excluding carboxylic acids is 1. The number of hydrogen-bond acceptors (Lipinski definition) is 7. The Hall–Kier alpha value is -3.52. The smallest absolute Gasteiger partial charge is 0.364 e. The molecular weight excluding hydrogens is 560 g/mol. The highest BCUT2D eigenvalue weighted by molar-refractivity contribution is 7.14. The average Bonchev–Trinajstić information content (AvgIpc) is 3.63. The van der Waals surface area contributed by atoms with Gasteiger partial charge in [-0.1, -0.05) is 17.4 Å². The number of alkyl halides is 4. The van der Waals surface area contributed by atoms with E-state index in [-0.39, 0.29) is 46.3 Å².